The number of benzene rings is 2. The van der Waals surface area contributed by atoms with Gasteiger partial charge in [-0.15, -0.1) is 0 Å². The van der Waals surface area contributed by atoms with E-state index in [1.54, 1.807) is 24.3 Å². The normalized spacial score (nSPS) is 23.5. The van der Waals surface area contributed by atoms with E-state index in [2.05, 4.69) is 15.9 Å². The Hall–Kier alpha value is -1.24. The lowest BCUT2D eigenvalue weighted by Crippen LogP contribution is -2.17. The summed E-state index contributed by atoms with van der Waals surface area (Å²) in [4.78, 5) is 0.590. The number of hydrogen-bond acceptors (Lipinski definition) is 3. The van der Waals surface area contributed by atoms with Crippen LogP contribution >= 0.6 is 28.1 Å². The molecule has 0 spiro atoms. The molecule has 2 aromatic carbocycles. The van der Waals surface area contributed by atoms with E-state index in [0.717, 1.165) is 15.6 Å². The van der Waals surface area contributed by atoms with Crippen molar-refractivity contribution in [3.63, 3.8) is 0 Å². The minimum absolute atomic E-state index is 0.174. The highest BCUT2D eigenvalue weighted by molar-refractivity contribution is 9.10. The fraction of sp³-hybridized carbons (Fsp3) is 0.235. The van der Waals surface area contributed by atoms with E-state index < -0.39 is 15.1 Å². The molecule has 0 radical (unpaired) electrons. The van der Waals surface area contributed by atoms with E-state index >= 15 is 0 Å². The molecular weight excluding hydrogens is 394 g/mol. The Morgan fingerprint density at radius 2 is 1.65 bits per heavy atom. The van der Waals surface area contributed by atoms with E-state index in [0.29, 0.717) is 4.90 Å². The lowest BCUT2D eigenvalue weighted by atomic mass is 10.1. The van der Waals surface area contributed by atoms with Gasteiger partial charge in [0.1, 0.15) is 0 Å². The second-order valence-corrected chi connectivity index (χ2v) is 9.32. The van der Waals surface area contributed by atoms with Gasteiger partial charge in [0.2, 0.25) is 0 Å². The van der Waals surface area contributed by atoms with Crippen LogP contribution in [0.1, 0.15) is 17.0 Å². The third kappa shape index (κ3) is 3.07. The van der Waals surface area contributed by atoms with Gasteiger partial charge in [-0.2, -0.15) is 0 Å². The van der Waals surface area contributed by atoms with Crippen LogP contribution < -0.4 is 5.73 Å². The Morgan fingerprint density at radius 3 is 2.17 bits per heavy atom. The lowest BCUT2D eigenvalue weighted by molar-refractivity contribution is 0.593. The maximum Gasteiger partial charge on any atom is 0.182 e. The van der Waals surface area contributed by atoms with Crippen LogP contribution in [0.25, 0.3) is 0 Å². The summed E-state index contributed by atoms with van der Waals surface area (Å²) in [6, 6.07) is 14.6. The Bertz CT molecular complexity index is 845. The van der Waals surface area contributed by atoms with Crippen LogP contribution in [0.15, 0.2) is 57.9 Å². The Balaban J connectivity index is 1.98. The largest absolute Gasteiger partial charge is 0.393 e. The number of aryl methyl sites for hydroxylation is 1. The summed E-state index contributed by atoms with van der Waals surface area (Å²) in [5.41, 5.74) is 7.78. The molecule has 1 aliphatic carbocycles. The van der Waals surface area contributed by atoms with Crippen molar-refractivity contribution in [2.24, 2.45) is 11.7 Å². The van der Waals surface area contributed by atoms with Crippen LogP contribution in [0.2, 0.25) is 0 Å². The minimum Gasteiger partial charge on any atom is -0.393 e. The van der Waals surface area contributed by atoms with Crippen LogP contribution in [0.5, 0.6) is 0 Å². The summed E-state index contributed by atoms with van der Waals surface area (Å²) in [6.07, 6.45) is 0. The molecule has 0 aliphatic heterocycles. The van der Waals surface area contributed by atoms with E-state index in [1.807, 2.05) is 31.2 Å². The first-order valence-corrected chi connectivity index (χ1v) is 9.92. The van der Waals surface area contributed by atoms with Crippen LogP contribution in [0, 0.1) is 12.8 Å². The monoisotopic (exact) mass is 409 g/mol. The summed E-state index contributed by atoms with van der Waals surface area (Å²) >= 11 is 8.49. The second kappa shape index (κ2) is 6.00. The van der Waals surface area contributed by atoms with Gasteiger partial charge in [-0.25, -0.2) is 8.42 Å². The minimum atomic E-state index is -3.46. The third-order valence-electron chi connectivity index (χ3n) is 4.25. The number of nitrogens with two attached hydrogens (primary N) is 1. The standard InChI is InChI=1S/C17H16BrNO2S2/c1-10-2-8-13(9-3-10)23(20,21)16-14(15(16)17(19)22)11-4-6-12(18)7-5-11/h2-9,14-16H,1H3,(H2,19,22)/t14-,15+,16+/m1/s1. The average Bonchev–Trinajstić information content (AvgIpc) is 3.25. The topological polar surface area (TPSA) is 60.2 Å². The first-order chi connectivity index (χ1) is 10.8. The van der Waals surface area contributed by atoms with E-state index in [4.69, 9.17) is 18.0 Å². The van der Waals surface area contributed by atoms with Crippen molar-refractivity contribution in [2.75, 3.05) is 0 Å². The molecule has 2 N–H and O–H groups in total. The van der Waals surface area contributed by atoms with Gasteiger partial charge in [-0.05, 0) is 36.8 Å². The van der Waals surface area contributed by atoms with Crippen molar-refractivity contribution in [3.05, 3.63) is 64.1 Å². The summed E-state index contributed by atoms with van der Waals surface area (Å²) < 4.78 is 26.8. The van der Waals surface area contributed by atoms with Crippen molar-refractivity contribution in [1.29, 1.82) is 0 Å². The van der Waals surface area contributed by atoms with Crippen LogP contribution in [-0.2, 0) is 9.84 Å². The molecule has 0 amide bonds. The van der Waals surface area contributed by atoms with E-state index in [1.165, 1.54) is 0 Å². The highest BCUT2D eigenvalue weighted by atomic mass is 79.9. The zero-order valence-electron chi connectivity index (χ0n) is 12.4. The van der Waals surface area contributed by atoms with Gasteiger partial charge in [0.15, 0.2) is 9.84 Å². The van der Waals surface area contributed by atoms with Gasteiger partial charge in [0.05, 0.1) is 15.1 Å². The molecule has 3 nitrogen and oxygen atoms in total. The molecule has 0 heterocycles. The number of hydrogen-bond donors (Lipinski definition) is 1. The molecule has 2 aromatic rings. The van der Waals surface area contributed by atoms with E-state index in [9.17, 15) is 8.42 Å². The molecule has 0 aromatic heterocycles. The molecule has 23 heavy (non-hydrogen) atoms. The summed E-state index contributed by atoms with van der Waals surface area (Å²) in [7, 11) is -3.46. The van der Waals surface area contributed by atoms with Crippen molar-refractivity contribution in [3.8, 4) is 0 Å². The number of sulfone groups is 1. The Labute approximate surface area is 149 Å². The lowest BCUT2D eigenvalue weighted by Gasteiger charge is -2.05. The molecule has 1 saturated carbocycles. The third-order valence-corrected chi connectivity index (χ3v) is 7.28. The van der Waals surface area contributed by atoms with Crippen molar-refractivity contribution >= 4 is 43.0 Å². The number of halogens is 1. The van der Waals surface area contributed by atoms with Crippen molar-refractivity contribution in [2.45, 2.75) is 23.0 Å². The molecule has 0 unspecified atom stereocenters. The summed E-state index contributed by atoms with van der Waals surface area (Å²) in [6.45, 7) is 1.93. The molecule has 0 saturated heterocycles. The Kier molecular flexibility index (Phi) is 4.33. The molecule has 1 fully saturated rings. The van der Waals surface area contributed by atoms with Crippen molar-refractivity contribution < 1.29 is 8.42 Å². The second-order valence-electron chi connectivity index (χ2n) is 5.83. The van der Waals surface area contributed by atoms with Crippen molar-refractivity contribution in [1.82, 2.24) is 0 Å². The number of thiocarbonyl (C=S) groups is 1. The highest BCUT2D eigenvalue weighted by Crippen LogP contribution is 2.54. The van der Waals surface area contributed by atoms with Gasteiger partial charge in [-0.1, -0.05) is 58.0 Å². The van der Waals surface area contributed by atoms with Gasteiger partial charge in [0.25, 0.3) is 0 Å². The van der Waals surface area contributed by atoms with Gasteiger partial charge in [0, 0.05) is 16.3 Å². The fourth-order valence-electron chi connectivity index (χ4n) is 2.98. The molecule has 3 atom stereocenters. The van der Waals surface area contributed by atoms with Gasteiger partial charge < -0.3 is 5.73 Å². The van der Waals surface area contributed by atoms with Gasteiger partial charge in [-0.3, -0.25) is 0 Å². The fourth-order valence-corrected chi connectivity index (χ4v) is 5.77. The maximum absolute atomic E-state index is 12.9. The average molecular weight is 410 g/mol. The molecule has 120 valence electrons. The predicted molar refractivity (Wildman–Crippen MR) is 99.3 cm³/mol. The zero-order valence-corrected chi connectivity index (χ0v) is 15.7. The van der Waals surface area contributed by atoms with E-state index in [-0.39, 0.29) is 16.8 Å². The smallest absolute Gasteiger partial charge is 0.182 e. The zero-order chi connectivity index (χ0) is 16.8. The summed E-state index contributed by atoms with van der Waals surface area (Å²) in [5, 5.41) is -0.580. The first kappa shape index (κ1) is 16.6. The van der Waals surface area contributed by atoms with Crippen LogP contribution in [0.4, 0.5) is 0 Å². The number of rotatable bonds is 4. The Morgan fingerprint density at radius 1 is 1.09 bits per heavy atom. The molecule has 6 heteroatoms. The highest BCUT2D eigenvalue weighted by Gasteiger charge is 2.60. The molecule has 3 rings (SSSR count). The predicted octanol–water partition coefficient (Wildman–Crippen LogP) is 3.60. The molecular formula is C17H16BrNO2S2. The van der Waals surface area contributed by atoms with Crippen LogP contribution in [-0.4, -0.2) is 18.7 Å². The molecule has 0 bridgehead atoms. The van der Waals surface area contributed by atoms with Crippen LogP contribution in [0.3, 0.4) is 0 Å². The maximum atomic E-state index is 12.9. The SMILES string of the molecule is Cc1ccc(S(=O)(=O)[C@@H]2[C@@H](C(N)=S)[C@H]2c2ccc(Br)cc2)cc1. The quantitative estimate of drug-likeness (QED) is 0.783. The first-order valence-electron chi connectivity index (χ1n) is 7.18. The summed E-state index contributed by atoms with van der Waals surface area (Å²) in [5.74, 6) is -0.482. The van der Waals surface area contributed by atoms with Gasteiger partial charge >= 0.3 is 0 Å². The molecule has 1 aliphatic rings.